The molecule has 0 atom stereocenters. The lowest BCUT2D eigenvalue weighted by molar-refractivity contribution is -0.153. The average molecular weight is 564 g/mol. The third-order valence-corrected chi connectivity index (χ3v) is 4.07. The van der Waals surface area contributed by atoms with Crippen LogP contribution >= 0.6 is 24.0 Å². The van der Waals surface area contributed by atoms with Gasteiger partial charge in [-0.05, 0) is 48.7 Å². The Hall–Kier alpha value is -2.50. The van der Waals surface area contributed by atoms with Crippen LogP contribution in [0.2, 0.25) is 0 Å². The zero-order chi connectivity index (χ0) is 22.7. The second-order valence-electron chi connectivity index (χ2n) is 6.80. The Morgan fingerprint density at radius 2 is 1.62 bits per heavy atom. The molecule has 0 saturated carbocycles. The number of rotatable bonds is 9. The molecule has 0 radical (unpaired) electrons. The molecule has 0 bridgehead atoms. The molecule has 2 aromatic rings. The predicted molar refractivity (Wildman–Crippen MR) is 131 cm³/mol. The van der Waals surface area contributed by atoms with Crippen LogP contribution in [0.3, 0.4) is 0 Å². The summed E-state index contributed by atoms with van der Waals surface area (Å²) in [6, 6.07) is 14.0. The van der Waals surface area contributed by atoms with Gasteiger partial charge in [0.25, 0.3) is 0 Å². The van der Waals surface area contributed by atoms with Crippen LogP contribution in [0.1, 0.15) is 25.0 Å². The number of benzene rings is 2. The zero-order valence-corrected chi connectivity index (χ0v) is 20.3. The molecule has 32 heavy (non-hydrogen) atoms. The van der Waals surface area contributed by atoms with Gasteiger partial charge in [-0.25, -0.2) is 4.99 Å². The van der Waals surface area contributed by atoms with Crippen LogP contribution in [-0.4, -0.2) is 37.7 Å². The molecule has 2 rings (SSSR count). The number of amides is 1. The maximum Gasteiger partial charge on any atom is 0.422 e. The molecule has 10 heteroatoms. The van der Waals surface area contributed by atoms with Gasteiger partial charge in [-0.1, -0.05) is 24.3 Å². The van der Waals surface area contributed by atoms with E-state index < -0.39 is 12.8 Å². The van der Waals surface area contributed by atoms with Gasteiger partial charge in [0.05, 0.1) is 6.54 Å². The first kappa shape index (κ1) is 27.5. The SMILES string of the molecule is CCNC(=NCc1ccc(OCC(F)(F)F)cc1)NCCc1ccc(NC(C)=O)cc1.I. The molecule has 0 aliphatic carbocycles. The first-order valence-corrected chi connectivity index (χ1v) is 9.92. The van der Waals surface area contributed by atoms with Gasteiger partial charge in [-0.15, -0.1) is 24.0 Å². The van der Waals surface area contributed by atoms with Crippen molar-refractivity contribution in [2.45, 2.75) is 33.0 Å². The largest absolute Gasteiger partial charge is 0.484 e. The summed E-state index contributed by atoms with van der Waals surface area (Å²) in [5.74, 6) is 0.707. The molecule has 0 aliphatic heterocycles. The van der Waals surface area contributed by atoms with Crippen molar-refractivity contribution in [3.8, 4) is 5.75 Å². The maximum atomic E-state index is 12.2. The van der Waals surface area contributed by atoms with Crippen molar-refractivity contribution >= 4 is 41.5 Å². The quantitative estimate of drug-likeness (QED) is 0.238. The summed E-state index contributed by atoms with van der Waals surface area (Å²) in [5.41, 5.74) is 2.73. The lowest BCUT2D eigenvalue weighted by Gasteiger charge is -2.12. The van der Waals surface area contributed by atoms with E-state index >= 15 is 0 Å². The van der Waals surface area contributed by atoms with E-state index in [4.69, 9.17) is 4.74 Å². The Morgan fingerprint density at radius 1 is 1.00 bits per heavy atom. The van der Waals surface area contributed by atoms with Crippen molar-refractivity contribution in [1.29, 1.82) is 0 Å². The lowest BCUT2D eigenvalue weighted by Crippen LogP contribution is -2.38. The Kier molecular flexibility index (Phi) is 11.9. The third kappa shape index (κ3) is 11.2. The number of carbonyl (C=O) groups is 1. The van der Waals surface area contributed by atoms with E-state index in [0.717, 1.165) is 23.2 Å². The number of guanidine groups is 1. The first-order valence-electron chi connectivity index (χ1n) is 9.92. The molecular weight excluding hydrogens is 536 g/mol. The molecule has 0 aliphatic rings. The van der Waals surface area contributed by atoms with E-state index in [1.165, 1.54) is 19.1 Å². The normalized spacial score (nSPS) is 11.3. The van der Waals surface area contributed by atoms with Crippen LogP contribution in [0, 0.1) is 0 Å². The monoisotopic (exact) mass is 564 g/mol. The summed E-state index contributed by atoms with van der Waals surface area (Å²) < 4.78 is 41.3. The number of anilines is 1. The van der Waals surface area contributed by atoms with Crippen LogP contribution in [0.4, 0.5) is 18.9 Å². The summed E-state index contributed by atoms with van der Waals surface area (Å²) >= 11 is 0. The zero-order valence-electron chi connectivity index (χ0n) is 18.0. The van der Waals surface area contributed by atoms with E-state index in [1.807, 2.05) is 31.2 Å². The molecular formula is C22H28F3IN4O2. The number of hydrogen-bond acceptors (Lipinski definition) is 3. The van der Waals surface area contributed by atoms with Gasteiger partial charge in [-0.3, -0.25) is 4.79 Å². The van der Waals surface area contributed by atoms with E-state index in [9.17, 15) is 18.0 Å². The van der Waals surface area contributed by atoms with Crippen molar-refractivity contribution in [3.05, 3.63) is 59.7 Å². The van der Waals surface area contributed by atoms with Crippen LogP contribution < -0.4 is 20.7 Å². The number of aliphatic imine (C=N–C) groups is 1. The molecule has 0 saturated heterocycles. The van der Waals surface area contributed by atoms with E-state index in [-0.39, 0.29) is 35.6 Å². The Bertz CT molecular complexity index is 857. The molecule has 6 nitrogen and oxygen atoms in total. The van der Waals surface area contributed by atoms with Gasteiger partial charge in [0, 0.05) is 25.7 Å². The summed E-state index contributed by atoms with van der Waals surface area (Å²) in [6.45, 7) is 3.85. The summed E-state index contributed by atoms with van der Waals surface area (Å²) in [4.78, 5) is 15.6. The number of nitrogens with one attached hydrogen (secondary N) is 3. The molecule has 1 amide bonds. The van der Waals surface area contributed by atoms with Crippen LogP contribution in [0.15, 0.2) is 53.5 Å². The van der Waals surface area contributed by atoms with Crippen molar-refractivity contribution in [2.24, 2.45) is 4.99 Å². The minimum absolute atomic E-state index is 0. The molecule has 0 heterocycles. The summed E-state index contributed by atoms with van der Waals surface area (Å²) in [7, 11) is 0. The van der Waals surface area contributed by atoms with Gasteiger partial charge in [0.15, 0.2) is 12.6 Å². The molecule has 0 spiro atoms. The van der Waals surface area contributed by atoms with Gasteiger partial charge in [0.2, 0.25) is 5.91 Å². The van der Waals surface area contributed by atoms with E-state index in [0.29, 0.717) is 25.6 Å². The highest BCUT2D eigenvalue weighted by Gasteiger charge is 2.28. The number of ether oxygens (including phenoxy) is 1. The van der Waals surface area contributed by atoms with Crippen molar-refractivity contribution in [1.82, 2.24) is 10.6 Å². The Balaban J connectivity index is 0.00000512. The standard InChI is InChI=1S/C22H27F3N4O2.HI/c1-3-26-21(27-13-12-17-4-8-19(9-5-17)29-16(2)30)28-14-18-6-10-20(11-7-18)31-15-22(23,24)25;/h4-11H,3,12-15H2,1-2H3,(H,29,30)(H2,26,27,28);1H. The average Bonchev–Trinajstić information content (AvgIpc) is 2.71. The smallest absolute Gasteiger partial charge is 0.422 e. The summed E-state index contributed by atoms with van der Waals surface area (Å²) in [6.07, 6.45) is -3.58. The Morgan fingerprint density at radius 3 is 2.19 bits per heavy atom. The Labute approximate surface area is 203 Å². The van der Waals surface area contributed by atoms with Crippen LogP contribution in [0.5, 0.6) is 5.75 Å². The molecule has 0 aromatic heterocycles. The molecule has 3 N–H and O–H groups in total. The number of hydrogen-bond donors (Lipinski definition) is 3. The highest BCUT2D eigenvalue weighted by atomic mass is 127. The molecule has 176 valence electrons. The van der Waals surface area contributed by atoms with Crippen molar-refractivity contribution < 1.29 is 22.7 Å². The lowest BCUT2D eigenvalue weighted by atomic mass is 10.1. The first-order chi connectivity index (χ1) is 14.7. The topological polar surface area (TPSA) is 74.8 Å². The van der Waals surface area contributed by atoms with Gasteiger partial charge in [-0.2, -0.15) is 13.2 Å². The number of carbonyl (C=O) groups excluding carboxylic acids is 1. The molecule has 0 fully saturated rings. The number of halogens is 4. The van der Waals surface area contributed by atoms with Crippen molar-refractivity contribution in [3.63, 3.8) is 0 Å². The highest BCUT2D eigenvalue weighted by molar-refractivity contribution is 14.0. The van der Waals surface area contributed by atoms with E-state index in [2.05, 4.69) is 20.9 Å². The van der Waals surface area contributed by atoms with Gasteiger partial charge >= 0.3 is 6.18 Å². The predicted octanol–water partition coefficient (Wildman–Crippen LogP) is 4.50. The van der Waals surface area contributed by atoms with Crippen molar-refractivity contribution in [2.75, 3.05) is 25.0 Å². The fourth-order valence-corrected chi connectivity index (χ4v) is 2.65. The van der Waals surface area contributed by atoms with Gasteiger partial charge in [0.1, 0.15) is 5.75 Å². The minimum Gasteiger partial charge on any atom is -0.484 e. The maximum absolute atomic E-state index is 12.2. The van der Waals surface area contributed by atoms with Crippen LogP contribution in [0.25, 0.3) is 0 Å². The second kappa shape index (κ2) is 13.8. The number of nitrogens with zero attached hydrogens (tertiary/aromatic N) is 1. The number of alkyl halides is 3. The fourth-order valence-electron chi connectivity index (χ4n) is 2.65. The second-order valence-corrected chi connectivity index (χ2v) is 6.80. The summed E-state index contributed by atoms with van der Waals surface area (Å²) in [5, 5.41) is 9.14. The minimum atomic E-state index is -4.36. The fraction of sp³-hybridized carbons (Fsp3) is 0.364. The van der Waals surface area contributed by atoms with Crippen LogP contribution in [-0.2, 0) is 17.8 Å². The molecule has 0 unspecified atom stereocenters. The third-order valence-electron chi connectivity index (χ3n) is 4.07. The highest BCUT2D eigenvalue weighted by Crippen LogP contribution is 2.19. The van der Waals surface area contributed by atoms with E-state index in [1.54, 1.807) is 12.1 Å². The molecule has 2 aromatic carbocycles. The van der Waals surface area contributed by atoms with Gasteiger partial charge < -0.3 is 20.7 Å².